The van der Waals surface area contributed by atoms with Crippen LogP contribution in [0.3, 0.4) is 0 Å². The molecule has 1 amide bonds. The topological polar surface area (TPSA) is 76.1 Å². The molecule has 3 heterocycles. The van der Waals surface area contributed by atoms with Gasteiger partial charge in [0.05, 0.1) is 23.1 Å². The Balaban J connectivity index is 1.45. The lowest BCUT2D eigenvalue weighted by atomic mass is 9.99. The second-order valence-corrected chi connectivity index (χ2v) is 6.31. The van der Waals surface area contributed by atoms with Crippen molar-refractivity contribution in [1.82, 2.24) is 9.97 Å². The van der Waals surface area contributed by atoms with Crippen LogP contribution in [-0.2, 0) is 9.53 Å². The summed E-state index contributed by atoms with van der Waals surface area (Å²) in [4.78, 5) is 21.1. The number of ether oxygens (including phenoxy) is 1. The standard InChI is InChI=1S/C20H20N4O2/c25-20(15-8-11-26-12-9-15)23-16-6-7-18(22-13-16)24-17-5-1-3-14-4-2-10-21-19(14)17/h1-7,10,13,15H,8-9,11-12H2,(H,22,24)(H,23,25). The molecule has 26 heavy (non-hydrogen) atoms. The highest BCUT2D eigenvalue weighted by Crippen LogP contribution is 2.24. The van der Waals surface area contributed by atoms with E-state index in [1.54, 1.807) is 12.4 Å². The van der Waals surface area contributed by atoms with Gasteiger partial charge in [-0.1, -0.05) is 18.2 Å². The van der Waals surface area contributed by atoms with Gasteiger partial charge < -0.3 is 15.4 Å². The van der Waals surface area contributed by atoms with E-state index < -0.39 is 0 Å². The van der Waals surface area contributed by atoms with Crippen LogP contribution in [0.4, 0.5) is 17.2 Å². The first-order valence-corrected chi connectivity index (χ1v) is 8.75. The minimum Gasteiger partial charge on any atom is -0.381 e. The Hall–Kier alpha value is -2.99. The molecule has 0 atom stereocenters. The van der Waals surface area contributed by atoms with E-state index in [0.717, 1.165) is 29.4 Å². The molecule has 6 heteroatoms. The molecule has 0 unspecified atom stereocenters. The third-order valence-corrected chi connectivity index (χ3v) is 4.52. The lowest BCUT2D eigenvalue weighted by Gasteiger charge is -2.21. The monoisotopic (exact) mass is 348 g/mol. The van der Waals surface area contributed by atoms with Gasteiger partial charge in [0.2, 0.25) is 5.91 Å². The summed E-state index contributed by atoms with van der Waals surface area (Å²) in [7, 11) is 0. The van der Waals surface area contributed by atoms with E-state index in [0.29, 0.717) is 24.7 Å². The van der Waals surface area contributed by atoms with Crippen LogP contribution in [-0.4, -0.2) is 29.1 Å². The minimum absolute atomic E-state index is 0.0170. The zero-order valence-electron chi connectivity index (χ0n) is 14.3. The quantitative estimate of drug-likeness (QED) is 0.751. The van der Waals surface area contributed by atoms with Gasteiger partial charge in [-0.2, -0.15) is 0 Å². The third kappa shape index (κ3) is 3.65. The van der Waals surface area contributed by atoms with E-state index in [9.17, 15) is 4.79 Å². The molecule has 4 rings (SSSR count). The predicted octanol–water partition coefficient (Wildman–Crippen LogP) is 3.74. The van der Waals surface area contributed by atoms with E-state index in [4.69, 9.17) is 4.74 Å². The zero-order valence-corrected chi connectivity index (χ0v) is 14.3. The third-order valence-electron chi connectivity index (χ3n) is 4.52. The molecule has 0 aliphatic carbocycles. The fraction of sp³-hybridized carbons (Fsp3) is 0.250. The molecule has 3 aromatic rings. The molecule has 0 radical (unpaired) electrons. The molecule has 2 aromatic heterocycles. The Labute approximate surface area is 151 Å². The molecule has 2 N–H and O–H groups in total. The smallest absolute Gasteiger partial charge is 0.227 e. The van der Waals surface area contributed by atoms with Crippen LogP contribution >= 0.6 is 0 Å². The maximum Gasteiger partial charge on any atom is 0.227 e. The summed E-state index contributed by atoms with van der Waals surface area (Å²) >= 11 is 0. The maximum absolute atomic E-state index is 12.3. The molecule has 1 aliphatic rings. The number of fused-ring (bicyclic) bond motifs is 1. The highest BCUT2D eigenvalue weighted by molar-refractivity contribution is 5.93. The highest BCUT2D eigenvalue weighted by atomic mass is 16.5. The number of hydrogen-bond donors (Lipinski definition) is 2. The normalized spacial score (nSPS) is 14.9. The summed E-state index contributed by atoms with van der Waals surface area (Å²) in [5.41, 5.74) is 2.49. The molecule has 1 aromatic carbocycles. The second-order valence-electron chi connectivity index (χ2n) is 6.31. The fourth-order valence-electron chi connectivity index (χ4n) is 3.09. The van der Waals surface area contributed by atoms with Crippen LogP contribution in [0.5, 0.6) is 0 Å². The SMILES string of the molecule is O=C(Nc1ccc(Nc2cccc3cccnc23)nc1)C1CCOCC1. The number of para-hydroxylation sites is 1. The molecule has 0 bridgehead atoms. The first-order valence-electron chi connectivity index (χ1n) is 8.75. The van der Waals surface area contributed by atoms with Crippen molar-refractivity contribution in [2.45, 2.75) is 12.8 Å². The lowest BCUT2D eigenvalue weighted by Crippen LogP contribution is -2.28. The van der Waals surface area contributed by atoms with Crippen LogP contribution in [0.1, 0.15) is 12.8 Å². The van der Waals surface area contributed by atoms with Gasteiger partial charge in [0.1, 0.15) is 5.82 Å². The van der Waals surface area contributed by atoms with E-state index in [1.165, 1.54) is 0 Å². The number of nitrogens with zero attached hydrogens (tertiary/aromatic N) is 2. The van der Waals surface area contributed by atoms with Crippen molar-refractivity contribution >= 4 is 34.0 Å². The number of carbonyl (C=O) groups excluding carboxylic acids is 1. The van der Waals surface area contributed by atoms with Crippen LogP contribution < -0.4 is 10.6 Å². The van der Waals surface area contributed by atoms with Crippen molar-refractivity contribution in [3.63, 3.8) is 0 Å². The summed E-state index contributed by atoms with van der Waals surface area (Å²) in [5, 5.41) is 7.29. The van der Waals surface area contributed by atoms with Gasteiger partial charge in [0.15, 0.2) is 0 Å². The number of carbonyl (C=O) groups is 1. The van der Waals surface area contributed by atoms with Crippen LogP contribution in [0, 0.1) is 5.92 Å². The summed E-state index contributed by atoms with van der Waals surface area (Å²) in [6.45, 7) is 1.30. The van der Waals surface area contributed by atoms with Gasteiger partial charge in [-0.25, -0.2) is 4.98 Å². The van der Waals surface area contributed by atoms with Gasteiger partial charge in [0.25, 0.3) is 0 Å². The van der Waals surface area contributed by atoms with Crippen molar-refractivity contribution in [2.24, 2.45) is 5.92 Å². The number of anilines is 3. The van der Waals surface area contributed by atoms with E-state index in [-0.39, 0.29) is 11.8 Å². The zero-order chi connectivity index (χ0) is 17.8. The molecule has 6 nitrogen and oxygen atoms in total. The summed E-state index contributed by atoms with van der Waals surface area (Å²) in [6, 6.07) is 13.6. The van der Waals surface area contributed by atoms with Gasteiger partial charge in [-0.05, 0) is 37.1 Å². The first kappa shape index (κ1) is 16.5. The Bertz CT molecular complexity index is 900. The van der Waals surface area contributed by atoms with Crippen molar-refractivity contribution in [3.8, 4) is 0 Å². The molecular weight excluding hydrogens is 328 g/mol. The van der Waals surface area contributed by atoms with Gasteiger partial charge in [0, 0.05) is 30.7 Å². The molecule has 0 spiro atoms. The molecular formula is C20H20N4O2. The number of pyridine rings is 2. The van der Waals surface area contributed by atoms with Crippen LogP contribution in [0.25, 0.3) is 10.9 Å². The molecule has 132 valence electrons. The van der Waals surface area contributed by atoms with Crippen LogP contribution in [0.15, 0.2) is 54.9 Å². The first-order chi connectivity index (χ1) is 12.8. The summed E-state index contributed by atoms with van der Waals surface area (Å²) < 4.78 is 5.30. The highest BCUT2D eigenvalue weighted by Gasteiger charge is 2.21. The van der Waals surface area contributed by atoms with E-state index in [2.05, 4.69) is 20.6 Å². The summed E-state index contributed by atoms with van der Waals surface area (Å²) in [5.74, 6) is 0.754. The number of amides is 1. The molecule has 1 aliphatic heterocycles. The number of rotatable bonds is 4. The molecule has 0 saturated carbocycles. The predicted molar refractivity (Wildman–Crippen MR) is 101 cm³/mol. The van der Waals surface area contributed by atoms with Crippen molar-refractivity contribution < 1.29 is 9.53 Å². The van der Waals surface area contributed by atoms with Crippen molar-refractivity contribution in [3.05, 3.63) is 54.9 Å². The molecule has 1 saturated heterocycles. The van der Waals surface area contributed by atoms with E-state index in [1.807, 2.05) is 42.5 Å². The van der Waals surface area contributed by atoms with Crippen molar-refractivity contribution in [1.29, 1.82) is 0 Å². The Morgan fingerprint density at radius 2 is 1.88 bits per heavy atom. The Kier molecular flexibility index (Phi) is 4.75. The minimum atomic E-state index is 0.0170. The Morgan fingerprint density at radius 3 is 2.69 bits per heavy atom. The average Bonchev–Trinajstić information content (AvgIpc) is 2.70. The van der Waals surface area contributed by atoms with E-state index >= 15 is 0 Å². The largest absolute Gasteiger partial charge is 0.381 e. The number of hydrogen-bond acceptors (Lipinski definition) is 5. The fourth-order valence-corrected chi connectivity index (χ4v) is 3.09. The lowest BCUT2D eigenvalue weighted by molar-refractivity contribution is -0.122. The molecule has 1 fully saturated rings. The maximum atomic E-state index is 12.3. The Morgan fingerprint density at radius 1 is 1.04 bits per heavy atom. The van der Waals surface area contributed by atoms with Gasteiger partial charge in [-0.3, -0.25) is 9.78 Å². The van der Waals surface area contributed by atoms with Crippen molar-refractivity contribution in [2.75, 3.05) is 23.8 Å². The number of nitrogens with one attached hydrogen (secondary N) is 2. The second kappa shape index (κ2) is 7.49. The van der Waals surface area contributed by atoms with Gasteiger partial charge >= 0.3 is 0 Å². The van der Waals surface area contributed by atoms with Gasteiger partial charge in [-0.15, -0.1) is 0 Å². The summed E-state index contributed by atoms with van der Waals surface area (Å²) in [6.07, 6.45) is 4.98. The van der Waals surface area contributed by atoms with Crippen LogP contribution in [0.2, 0.25) is 0 Å². The average molecular weight is 348 g/mol. The number of aromatic nitrogens is 2. The number of benzene rings is 1.